The van der Waals surface area contributed by atoms with Crippen molar-refractivity contribution in [3.05, 3.63) is 83.8 Å². The van der Waals surface area contributed by atoms with Crippen molar-refractivity contribution >= 4 is 78.4 Å². The van der Waals surface area contributed by atoms with Gasteiger partial charge in [-0.1, -0.05) is 28.1 Å². The average molecular weight is 745 g/mol. The van der Waals surface area contributed by atoms with E-state index in [0.29, 0.717) is 37.1 Å². The van der Waals surface area contributed by atoms with Crippen molar-refractivity contribution in [1.82, 2.24) is 10.7 Å². The number of methoxy groups -OCH3 is 2. The predicted molar refractivity (Wildman–Crippen MR) is 154 cm³/mol. The van der Waals surface area contributed by atoms with Crippen LogP contribution in [0.5, 0.6) is 17.2 Å². The summed E-state index contributed by atoms with van der Waals surface area (Å²) in [5.74, 6) is -0.466. The van der Waals surface area contributed by atoms with Gasteiger partial charge in [-0.25, -0.2) is 10.2 Å². The number of nitrogens with one attached hydrogen (secondary N) is 2. The molecule has 2 N–H and O–H groups in total. The van der Waals surface area contributed by atoms with Gasteiger partial charge < -0.3 is 19.5 Å². The number of halogens is 3. The Morgan fingerprint density at radius 1 is 1.00 bits per heavy atom. The van der Waals surface area contributed by atoms with E-state index in [9.17, 15) is 14.4 Å². The van der Waals surface area contributed by atoms with Crippen LogP contribution in [-0.4, -0.2) is 44.8 Å². The number of ether oxygens (including phenoxy) is 3. The van der Waals surface area contributed by atoms with Gasteiger partial charge in [0.15, 0.2) is 17.2 Å². The van der Waals surface area contributed by atoms with Crippen LogP contribution in [-0.2, 0) is 4.79 Å². The van der Waals surface area contributed by atoms with Gasteiger partial charge in [0.05, 0.1) is 37.0 Å². The molecule has 9 nitrogen and oxygen atoms in total. The van der Waals surface area contributed by atoms with Crippen LogP contribution in [0.3, 0.4) is 0 Å². The van der Waals surface area contributed by atoms with Crippen LogP contribution in [0.25, 0.3) is 0 Å². The number of hydrogen-bond donors (Lipinski definition) is 2. The Morgan fingerprint density at radius 3 is 2.43 bits per heavy atom. The third-order valence-corrected chi connectivity index (χ3v) is 6.76. The molecule has 0 unspecified atom stereocenters. The second-order valence-corrected chi connectivity index (χ2v) is 10.2. The first-order chi connectivity index (χ1) is 17.7. The zero-order valence-electron chi connectivity index (χ0n) is 19.5. The van der Waals surface area contributed by atoms with Gasteiger partial charge in [-0.3, -0.25) is 9.59 Å². The Morgan fingerprint density at radius 2 is 1.73 bits per heavy atom. The van der Waals surface area contributed by atoms with Gasteiger partial charge in [0.1, 0.15) is 0 Å². The summed E-state index contributed by atoms with van der Waals surface area (Å²) < 4.78 is 17.9. The third-order valence-electron chi connectivity index (χ3n) is 4.77. The Labute approximate surface area is 243 Å². The van der Waals surface area contributed by atoms with Crippen molar-refractivity contribution in [3.63, 3.8) is 0 Å². The predicted octanol–water partition coefficient (Wildman–Crippen LogP) is 4.93. The molecule has 0 spiro atoms. The molecule has 0 radical (unpaired) electrons. The fourth-order valence-electron chi connectivity index (χ4n) is 3.01. The molecule has 12 heteroatoms. The maximum atomic E-state index is 12.7. The molecule has 0 atom stereocenters. The first-order valence-electron chi connectivity index (χ1n) is 10.5. The molecule has 0 aliphatic carbocycles. The highest BCUT2D eigenvalue weighted by molar-refractivity contribution is 14.1. The zero-order valence-corrected chi connectivity index (χ0v) is 24.8. The number of carbonyl (C=O) groups excluding carboxylic acids is 3. The van der Waals surface area contributed by atoms with Gasteiger partial charge in [0, 0.05) is 19.2 Å². The van der Waals surface area contributed by atoms with E-state index in [2.05, 4.69) is 70.3 Å². The largest absolute Gasteiger partial charge is 0.493 e. The van der Waals surface area contributed by atoms with Gasteiger partial charge in [0.25, 0.3) is 11.8 Å². The van der Waals surface area contributed by atoms with E-state index in [1.807, 2.05) is 6.07 Å². The molecule has 0 saturated heterocycles. The minimum absolute atomic E-state index is 0.229. The van der Waals surface area contributed by atoms with E-state index in [0.717, 1.165) is 3.57 Å². The van der Waals surface area contributed by atoms with Crippen LogP contribution in [0.2, 0.25) is 0 Å². The molecule has 0 saturated carbocycles. The van der Waals surface area contributed by atoms with E-state index in [1.165, 1.54) is 26.5 Å². The molecule has 3 rings (SSSR count). The molecule has 0 aliphatic heterocycles. The van der Waals surface area contributed by atoms with Crippen molar-refractivity contribution < 1.29 is 28.6 Å². The highest BCUT2D eigenvalue weighted by atomic mass is 127. The Kier molecular flexibility index (Phi) is 10.5. The zero-order chi connectivity index (χ0) is 26.9. The lowest BCUT2D eigenvalue weighted by Gasteiger charge is -2.11. The lowest BCUT2D eigenvalue weighted by Crippen LogP contribution is -2.34. The topological polar surface area (TPSA) is 115 Å². The SMILES string of the molecule is COc1ccc(C(=O)NCC(=O)N/N=C/c2cc(Br)cc(Br)c2OC(=O)c2ccccc2I)cc1OC. The molecule has 3 aromatic carbocycles. The summed E-state index contributed by atoms with van der Waals surface area (Å²) in [4.78, 5) is 37.3. The summed E-state index contributed by atoms with van der Waals surface area (Å²) in [5, 5.41) is 6.44. The van der Waals surface area contributed by atoms with E-state index in [-0.39, 0.29) is 12.3 Å². The Bertz CT molecular complexity index is 1370. The van der Waals surface area contributed by atoms with Gasteiger partial charge in [0.2, 0.25) is 0 Å². The van der Waals surface area contributed by atoms with Crippen LogP contribution in [0.15, 0.2) is 68.6 Å². The second kappa shape index (κ2) is 13.5. The van der Waals surface area contributed by atoms with Crippen molar-refractivity contribution in [3.8, 4) is 17.2 Å². The number of hydrogen-bond acceptors (Lipinski definition) is 7. The number of esters is 1. The van der Waals surface area contributed by atoms with Crippen LogP contribution >= 0.6 is 54.5 Å². The van der Waals surface area contributed by atoms with Gasteiger partial charge in [-0.2, -0.15) is 5.10 Å². The molecular weight excluding hydrogens is 725 g/mol. The summed E-state index contributed by atoms with van der Waals surface area (Å²) in [6.45, 7) is -0.318. The van der Waals surface area contributed by atoms with E-state index in [1.54, 1.807) is 42.5 Å². The quantitative estimate of drug-likeness (QED) is 0.106. The number of nitrogens with zero attached hydrogens (tertiary/aromatic N) is 1. The van der Waals surface area contributed by atoms with Crippen molar-refractivity contribution in [2.45, 2.75) is 0 Å². The van der Waals surface area contributed by atoms with E-state index < -0.39 is 17.8 Å². The van der Waals surface area contributed by atoms with Crippen LogP contribution in [0, 0.1) is 3.57 Å². The van der Waals surface area contributed by atoms with Crippen LogP contribution in [0.4, 0.5) is 0 Å². The highest BCUT2D eigenvalue weighted by Gasteiger charge is 2.17. The van der Waals surface area contributed by atoms with E-state index >= 15 is 0 Å². The van der Waals surface area contributed by atoms with Crippen LogP contribution < -0.4 is 25.0 Å². The van der Waals surface area contributed by atoms with E-state index in [4.69, 9.17) is 14.2 Å². The maximum absolute atomic E-state index is 12.7. The molecular formula is C25H20Br2IN3O6. The summed E-state index contributed by atoms with van der Waals surface area (Å²) in [5.41, 5.74) is 3.48. The number of amides is 2. The molecule has 0 aromatic heterocycles. The summed E-state index contributed by atoms with van der Waals surface area (Å²) in [7, 11) is 2.95. The lowest BCUT2D eigenvalue weighted by molar-refractivity contribution is -0.120. The fraction of sp³-hybridized carbons (Fsp3) is 0.120. The highest BCUT2D eigenvalue weighted by Crippen LogP contribution is 2.33. The smallest absolute Gasteiger partial charge is 0.344 e. The molecule has 0 heterocycles. The minimum Gasteiger partial charge on any atom is -0.493 e. The Balaban J connectivity index is 1.64. The monoisotopic (exact) mass is 743 g/mol. The second-order valence-electron chi connectivity index (χ2n) is 7.22. The maximum Gasteiger partial charge on any atom is 0.344 e. The molecule has 2 amide bonds. The number of benzene rings is 3. The minimum atomic E-state index is -0.559. The van der Waals surface area contributed by atoms with Crippen LogP contribution in [0.1, 0.15) is 26.3 Å². The first kappa shape index (κ1) is 28.6. The molecule has 3 aromatic rings. The Hall–Kier alpha value is -2.97. The lowest BCUT2D eigenvalue weighted by atomic mass is 10.2. The number of carbonyl (C=O) groups is 3. The first-order valence-corrected chi connectivity index (χ1v) is 13.2. The van der Waals surface area contributed by atoms with Gasteiger partial charge in [-0.05, 0) is 81.0 Å². The number of rotatable bonds is 9. The fourth-order valence-corrected chi connectivity index (χ4v) is 4.96. The normalized spacial score (nSPS) is 10.6. The summed E-state index contributed by atoms with van der Waals surface area (Å²) in [6.07, 6.45) is 1.34. The van der Waals surface area contributed by atoms with Gasteiger partial charge in [-0.15, -0.1) is 0 Å². The average Bonchev–Trinajstić information content (AvgIpc) is 2.88. The van der Waals surface area contributed by atoms with Crippen molar-refractivity contribution in [2.24, 2.45) is 5.10 Å². The molecule has 192 valence electrons. The van der Waals surface area contributed by atoms with Crippen molar-refractivity contribution in [1.29, 1.82) is 0 Å². The summed E-state index contributed by atoms with van der Waals surface area (Å²) in [6, 6.07) is 15.1. The molecule has 0 fully saturated rings. The standard InChI is InChI=1S/C25H20Br2IN3O6/c1-35-20-8-7-14(10-21(20)36-2)24(33)29-13-22(32)31-30-12-15-9-16(26)11-18(27)23(15)37-25(34)17-5-3-4-6-19(17)28/h3-12H,13H2,1-2H3,(H,29,33)(H,31,32)/b30-12+. The molecule has 0 bridgehead atoms. The molecule has 0 aliphatic rings. The number of hydrazone groups is 1. The van der Waals surface area contributed by atoms with Gasteiger partial charge >= 0.3 is 5.97 Å². The van der Waals surface area contributed by atoms with Crippen molar-refractivity contribution in [2.75, 3.05) is 20.8 Å². The summed E-state index contributed by atoms with van der Waals surface area (Å²) >= 11 is 8.84. The molecule has 37 heavy (non-hydrogen) atoms. The third kappa shape index (κ3) is 7.76.